The van der Waals surface area contributed by atoms with E-state index in [1.807, 2.05) is 37.3 Å². The molecule has 0 radical (unpaired) electrons. The summed E-state index contributed by atoms with van der Waals surface area (Å²) in [5.74, 6) is 0.00896. The number of nitrogens with zero attached hydrogens (tertiary/aromatic N) is 1. The maximum Gasteiger partial charge on any atom is 0.360 e. The van der Waals surface area contributed by atoms with E-state index in [9.17, 15) is 4.79 Å². The minimum absolute atomic E-state index is 0.0621. The van der Waals surface area contributed by atoms with E-state index in [0.29, 0.717) is 11.3 Å². The van der Waals surface area contributed by atoms with Gasteiger partial charge in [-0.05, 0) is 30.7 Å². The zero-order valence-corrected chi connectivity index (χ0v) is 16.7. The van der Waals surface area contributed by atoms with Crippen molar-refractivity contribution in [1.29, 1.82) is 0 Å². The molecule has 0 heterocycles. The minimum Gasteiger partial charge on any atom is -0.488 e. The van der Waals surface area contributed by atoms with Crippen LogP contribution in [0.4, 0.5) is 0 Å². The highest BCUT2D eigenvalue weighted by Crippen LogP contribution is 2.26. The molecule has 0 N–H and O–H groups in total. The molecule has 0 saturated heterocycles. The Bertz CT molecular complexity index is 874. The van der Waals surface area contributed by atoms with Crippen molar-refractivity contribution in [1.82, 2.24) is 0 Å². The Kier molecular flexibility index (Phi) is 7.70. The van der Waals surface area contributed by atoms with Gasteiger partial charge in [0, 0.05) is 11.1 Å². The van der Waals surface area contributed by atoms with Gasteiger partial charge in [-0.25, -0.2) is 4.79 Å². The monoisotopic (exact) mass is 407 g/mol. The van der Waals surface area contributed by atoms with Crippen molar-refractivity contribution in [3.63, 3.8) is 0 Å². The first-order valence-electron chi connectivity index (χ1n) is 8.00. The van der Waals surface area contributed by atoms with Crippen molar-refractivity contribution in [2.24, 2.45) is 5.16 Å². The average Bonchev–Trinajstić information content (AvgIpc) is 2.65. The van der Waals surface area contributed by atoms with Crippen LogP contribution >= 0.6 is 23.2 Å². The molecular formula is C20H19Cl2NO4. The second-order valence-electron chi connectivity index (χ2n) is 5.54. The van der Waals surface area contributed by atoms with Gasteiger partial charge in [0.1, 0.15) is 24.0 Å². The SMILES string of the molecule is CON=C(C(=O)OC)c1ccccc1COc1ccc(C)cc1C=C(Cl)Cl. The van der Waals surface area contributed by atoms with E-state index in [-0.39, 0.29) is 16.8 Å². The number of benzene rings is 2. The molecule has 0 atom stereocenters. The number of hydrogen-bond acceptors (Lipinski definition) is 5. The number of halogens is 2. The third-order valence-electron chi connectivity index (χ3n) is 3.65. The molecule has 2 rings (SSSR count). The summed E-state index contributed by atoms with van der Waals surface area (Å²) in [5, 5.41) is 3.79. The highest BCUT2D eigenvalue weighted by Gasteiger charge is 2.19. The molecule has 142 valence electrons. The van der Waals surface area contributed by atoms with Gasteiger partial charge in [0.2, 0.25) is 0 Å². The number of hydrogen-bond donors (Lipinski definition) is 0. The van der Waals surface area contributed by atoms with E-state index in [0.717, 1.165) is 16.7 Å². The molecule has 0 spiro atoms. The fourth-order valence-electron chi connectivity index (χ4n) is 2.45. The van der Waals surface area contributed by atoms with E-state index in [1.165, 1.54) is 14.2 Å². The average molecular weight is 408 g/mol. The van der Waals surface area contributed by atoms with Gasteiger partial charge in [-0.15, -0.1) is 0 Å². The maximum atomic E-state index is 12.0. The normalized spacial score (nSPS) is 10.9. The van der Waals surface area contributed by atoms with Gasteiger partial charge in [0.25, 0.3) is 0 Å². The number of aryl methyl sites for hydroxylation is 1. The molecule has 0 aliphatic carbocycles. The van der Waals surface area contributed by atoms with Gasteiger partial charge in [-0.3, -0.25) is 0 Å². The van der Waals surface area contributed by atoms with Gasteiger partial charge in [-0.2, -0.15) is 0 Å². The van der Waals surface area contributed by atoms with Crippen LogP contribution in [0, 0.1) is 6.92 Å². The smallest absolute Gasteiger partial charge is 0.360 e. The zero-order valence-electron chi connectivity index (χ0n) is 15.2. The standard InChI is InChI=1S/C20H19Cl2NO4/c1-13-8-9-17(15(10-13)11-18(21)22)27-12-14-6-4-5-7-16(14)19(23-26-3)20(24)25-2/h4-11H,12H2,1-3H3. The van der Waals surface area contributed by atoms with Crippen molar-refractivity contribution in [3.05, 3.63) is 69.2 Å². The van der Waals surface area contributed by atoms with E-state index in [2.05, 4.69) is 5.16 Å². The Labute approximate surface area is 168 Å². The van der Waals surface area contributed by atoms with Crippen LogP contribution in [0.2, 0.25) is 0 Å². The quantitative estimate of drug-likeness (QED) is 0.373. The lowest BCUT2D eigenvalue weighted by Crippen LogP contribution is -2.19. The maximum absolute atomic E-state index is 12.0. The molecule has 2 aromatic rings. The van der Waals surface area contributed by atoms with Gasteiger partial charge < -0.3 is 14.3 Å². The van der Waals surface area contributed by atoms with Gasteiger partial charge in [-0.1, -0.05) is 64.3 Å². The predicted molar refractivity (Wildman–Crippen MR) is 107 cm³/mol. The van der Waals surface area contributed by atoms with Gasteiger partial charge in [0.05, 0.1) is 7.11 Å². The predicted octanol–water partition coefficient (Wildman–Crippen LogP) is 4.87. The molecule has 0 saturated carbocycles. The van der Waals surface area contributed by atoms with E-state index < -0.39 is 5.97 Å². The molecule has 0 aromatic heterocycles. The molecule has 0 amide bonds. The first-order valence-corrected chi connectivity index (χ1v) is 8.75. The van der Waals surface area contributed by atoms with Crippen molar-refractivity contribution >= 4 is 41.0 Å². The van der Waals surface area contributed by atoms with Crippen molar-refractivity contribution in [2.75, 3.05) is 14.2 Å². The minimum atomic E-state index is -0.600. The Morgan fingerprint density at radius 2 is 1.89 bits per heavy atom. The highest BCUT2D eigenvalue weighted by molar-refractivity contribution is 6.57. The third kappa shape index (κ3) is 5.74. The van der Waals surface area contributed by atoms with Crippen LogP contribution in [-0.4, -0.2) is 25.9 Å². The summed E-state index contributed by atoms with van der Waals surface area (Å²) in [6.45, 7) is 2.15. The molecule has 0 aliphatic rings. The molecule has 5 nitrogen and oxygen atoms in total. The van der Waals surface area contributed by atoms with E-state index in [1.54, 1.807) is 18.2 Å². The number of rotatable bonds is 7. The third-order valence-corrected chi connectivity index (χ3v) is 3.87. The molecule has 2 aromatic carbocycles. The lowest BCUT2D eigenvalue weighted by molar-refractivity contribution is -0.132. The topological polar surface area (TPSA) is 57.1 Å². The Hall–Kier alpha value is -2.50. The Morgan fingerprint density at radius 3 is 2.56 bits per heavy atom. The molecule has 0 unspecified atom stereocenters. The van der Waals surface area contributed by atoms with E-state index >= 15 is 0 Å². The Balaban J connectivity index is 2.34. The van der Waals surface area contributed by atoms with Crippen molar-refractivity contribution in [2.45, 2.75) is 13.5 Å². The lowest BCUT2D eigenvalue weighted by atomic mass is 10.0. The van der Waals surface area contributed by atoms with Crippen LogP contribution in [-0.2, 0) is 21.0 Å². The first-order chi connectivity index (χ1) is 13.0. The summed E-state index contributed by atoms with van der Waals surface area (Å²) < 4.78 is 10.9. The second-order valence-corrected chi connectivity index (χ2v) is 6.54. The van der Waals surface area contributed by atoms with Crippen LogP contribution < -0.4 is 4.74 Å². The van der Waals surface area contributed by atoms with Crippen LogP contribution in [0.5, 0.6) is 5.75 Å². The van der Waals surface area contributed by atoms with Crippen molar-refractivity contribution in [3.8, 4) is 5.75 Å². The number of esters is 1. The van der Waals surface area contributed by atoms with Crippen molar-refractivity contribution < 1.29 is 19.1 Å². The first kappa shape index (κ1) is 20.8. The van der Waals surface area contributed by atoms with Crippen LogP contribution in [0.3, 0.4) is 0 Å². The summed E-state index contributed by atoms with van der Waals surface area (Å²) in [6.07, 6.45) is 1.61. The summed E-state index contributed by atoms with van der Waals surface area (Å²) in [4.78, 5) is 16.8. The summed E-state index contributed by atoms with van der Waals surface area (Å²) in [7, 11) is 2.65. The Morgan fingerprint density at radius 1 is 1.15 bits per heavy atom. The summed E-state index contributed by atoms with van der Waals surface area (Å²) >= 11 is 11.6. The molecule has 0 aliphatic heterocycles. The number of carbonyl (C=O) groups excluding carboxylic acids is 1. The summed E-state index contributed by atoms with van der Waals surface area (Å²) in [5.41, 5.74) is 3.17. The lowest BCUT2D eigenvalue weighted by Gasteiger charge is -2.13. The van der Waals surface area contributed by atoms with Crippen LogP contribution in [0.25, 0.3) is 6.08 Å². The van der Waals surface area contributed by atoms with Gasteiger partial charge in [0.15, 0.2) is 5.71 Å². The van der Waals surface area contributed by atoms with Gasteiger partial charge >= 0.3 is 5.97 Å². The highest BCUT2D eigenvalue weighted by atomic mass is 35.5. The molecule has 7 heteroatoms. The molecule has 27 heavy (non-hydrogen) atoms. The number of carbonyl (C=O) groups is 1. The number of ether oxygens (including phenoxy) is 2. The molecule has 0 bridgehead atoms. The zero-order chi connectivity index (χ0) is 19.8. The largest absolute Gasteiger partial charge is 0.488 e. The number of oxime groups is 1. The fourth-order valence-corrected chi connectivity index (χ4v) is 2.68. The van der Waals surface area contributed by atoms with E-state index in [4.69, 9.17) is 37.5 Å². The summed E-state index contributed by atoms with van der Waals surface area (Å²) in [6, 6.07) is 12.9. The van der Waals surface area contributed by atoms with Crippen LogP contribution in [0.1, 0.15) is 22.3 Å². The van der Waals surface area contributed by atoms with Crippen LogP contribution in [0.15, 0.2) is 52.1 Å². The number of methoxy groups -OCH3 is 1. The second kappa shape index (κ2) is 10.00. The molecular weight excluding hydrogens is 389 g/mol. The fraction of sp³-hybridized carbons (Fsp3) is 0.200. The molecule has 0 fully saturated rings.